The molecule has 0 radical (unpaired) electrons. The second-order valence-corrected chi connectivity index (χ2v) is 4.39. The third-order valence-electron chi connectivity index (χ3n) is 2.83. The predicted molar refractivity (Wildman–Crippen MR) is 69.6 cm³/mol. The van der Waals surface area contributed by atoms with Crippen LogP contribution in [0, 0.1) is 0 Å². The molecule has 98 valence electrons. The number of ether oxygens (including phenoxy) is 1. The molecular weight excluding hydrogens is 244 g/mol. The smallest absolute Gasteiger partial charge is 0.240 e. The Kier molecular flexibility index (Phi) is 3.00. The molecule has 0 saturated carbocycles. The lowest BCUT2D eigenvalue weighted by Crippen LogP contribution is -2.01. The van der Waals surface area contributed by atoms with E-state index in [0.29, 0.717) is 24.2 Å². The summed E-state index contributed by atoms with van der Waals surface area (Å²) < 4.78 is 10.5. The van der Waals surface area contributed by atoms with E-state index in [4.69, 9.17) is 15.0 Å². The highest BCUT2D eigenvalue weighted by molar-refractivity contribution is 5.95. The van der Waals surface area contributed by atoms with Crippen molar-refractivity contribution in [2.45, 2.75) is 19.5 Å². The largest absolute Gasteiger partial charge is 0.475 e. The molecule has 2 heterocycles. The first-order valence-corrected chi connectivity index (χ1v) is 6.10. The zero-order valence-electron chi connectivity index (χ0n) is 10.5. The van der Waals surface area contributed by atoms with Crippen molar-refractivity contribution in [2.24, 2.45) is 10.7 Å². The molecule has 19 heavy (non-hydrogen) atoms. The van der Waals surface area contributed by atoms with Crippen molar-refractivity contribution < 1.29 is 9.26 Å². The summed E-state index contributed by atoms with van der Waals surface area (Å²) in [5, 5.41) is 3.87. The topological polar surface area (TPSA) is 86.5 Å². The first-order valence-electron chi connectivity index (χ1n) is 6.10. The minimum atomic E-state index is 0.221. The molecule has 6 nitrogen and oxygen atoms in total. The lowest BCUT2D eigenvalue weighted by Gasteiger charge is -2.01. The fourth-order valence-corrected chi connectivity index (χ4v) is 1.85. The monoisotopic (exact) mass is 258 g/mol. The number of hydrogen-bond acceptors (Lipinski definition) is 6. The molecule has 0 amide bonds. The van der Waals surface area contributed by atoms with Crippen LogP contribution in [-0.4, -0.2) is 28.7 Å². The summed E-state index contributed by atoms with van der Waals surface area (Å²) in [6.45, 7) is 2.91. The highest BCUT2D eigenvalue weighted by Crippen LogP contribution is 2.18. The summed E-state index contributed by atoms with van der Waals surface area (Å²) in [7, 11) is 0. The van der Waals surface area contributed by atoms with Crippen molar-refractivity contribution in [2.75, 3.05) is 6.61 Å². The number of aliphatic imine (C=N–C) groups is 1. The molecule has 1 aliphatic rings. The maximum Gasteiger partial charge on any atom is 0.240 e. The molecule has 3 rings (SSSR count). The van der Waals surface area contributed by atoms with Crippen LogP contribution in [-0.2, 0) is 11.3 Å². The lowest BCUT2D eigenvalue weighted by molar-refractivity contribution is 0.324. The van der Waals surface area contributed by atoms with Crippen molar-refractivity contribution in [3.05, 3.63) is 35.7 Å². The summed E-state index contributed by atoms with van der Waals surface area (Å²) in [5.41, 5.74) is 7.26. The molecule has 1 aromatic heterocycles. The Morgan fingerprint density at radius 1 is 1.26 bits per heavy atom. The minimum Gasteiger partial charge on any atom is -0.475 e. The van der Waals surface area contributed by atoms with Gasteiger partial charge in [-0.3, -0.25) is 0 Å². The van der Waals surface area contributed by atoms with Crippen molar-refractivity contribution in [1.29, 1.82) is 0 Å². The van der Waals surface area contributed by atoms with Gasteiger partial charge in [0.15, 0.2) is 0 Å². The Morgan fingerprint density at radius 3 is 2.58 bits per heavy atom. The Balaban J connectivity index is 1.84. The van der Waals surface area contributed by atoms with Gasteiger partial charge in [0.05, 0.1) is 12.6 Å². The Hall–Kier alpha value is -2.21. The average molecular weight is 258 g/mol. The second-order valence-electron chi connectivity index (χ2n) is 4.39. The van der Waals surface area contributed by atoms with Gasteiger partial charge in [0, 0.05) is 11.1 Å². The summed E-state index contributed by atoms with van der Waals surface area (Å²) in [5.74, 6) is 1.65. The van der Waals surface area contributed by atoms with Crippen LogP contribution in [0.3, 0.4) is 0 Å². The van der Waals surface area contributed by atoms with Gasteiger partial charge in [0.1, 0.15) is 6.61 Å². The summed E-state index contributed by atoms with van der Waals surface area (Å²) in [4.78, 5) is 8.58. The maximum absolute atomic E-state index is 5.50. The van der Waals surface area contributed by atoms with E-state index in [0.717, 1.165) is 11.1 Å². The van der Waals surface area contributed by atoms with Crippen LogP contribution in [0.1, 0.15) is 18.4 Å². The Labute approximate surface area is 110 Å². The summed E-state index contributed by atoms with van der Waals surface area (Å²) in [6.07, 6.45) is 0. The number of benzene rings is 1. The van der Waals surface area contributed by atoms with Gasteiger partial charge < -0.3 is 15.0 Å². The standard InChI is InChI=1S/C13H14N4O2/c1-8-7-18-13(15-8)10-4-2-9(3-5-10)12-16-11(6-14)19-17-12/h2-5,8H,6-7,14H2,1H3. The molecule has 1 atom stereocenters. The SMILES string of the molecule is CC1COC(c2ccc(-c3noc(CN)n3)cc2)=N1. The van der Waals surface area contributed by atoms with Crippen molar-refractivity contribution in [1.82, 2.24) is 10.1 Å². The van der Waals surface area contributed by atoms with Gasteiger partial charge in [-0.15, -0.1) is 0 Å². The summed E-state index contributed by atoms with van der Waals surface area (Å²) in [6, 6.07) is 7.92. The quantitative estimate of drug-likeness (QED) is 0.898. The van der Waals surface area contributed by atoms with E-state index in [-0.39, 0.29) is 12.6 Å². The molecule has 1 aliphatic heterocycles. The highest BCUT2D eigenvalue weighted by Gasteiger charge is 2.16. The maximum atomic E-state index is 5.50. The highest BCUT2D eigenvalue weighted by atomic mass is 16.5. The first-order chi connectivity index (χ1) is 9.26. The van der Waals surface area contributed by atoms with E-state index in [1.165, 1.54) is 0 Å². The normalized spacial score (nSPS) is 18.2. The van der Waals surface area contributed by atoms with Crippen LogP contribution in [0.25, 0.3) is 11.4 Å². The van der Waals surface area contributed by atoms with Gasteiger partial charge in [-0.05, 0) is 19.1 Å². The van der Waals surface area contributed by atoms with Crippen molar-refractivity contribution >= 4 is 5.90 Å². The number of hydrogen-bond donors (Lipinski definition) is 1. The van der Waals surface area contributed by atoms with Crippen LogP contribution >= 0.6 is 0 Å². The van der Waals surface area contributed by atoms with E-state index in [2.05, 4.69) is 15.1 Å². The van der Waals surface area contributed by atoms with Crippen LogP contribution in [0.2, 0.25) is 0 Å². The molecule has 2 N–H and O–H groups in total. The minimum absolute atomic E-state index is 0.221. The molecule has 0 aliphatic carbocycles. The van der Waals surface area contributed by atoms with Gasteiger partial charge in [0.2, 0.25) is 17.6 Å². The zero-order chi connectivity index (χ0) is 13.2. The second kappa shape index (κ2) is 4.81. The molecule has 1 aromatic carbocycles. The molecule has 0 spiro atoms. The Morgan fingerprint density at radius 2 is 2.00 bits per heavy atom. The van der Waals surface area contributed by atoms with E-state index in [9.17, 15) is 0 Å². The first kappa shape index (κ1) is 11.9. The van der Waals surface area contributed by atoms with Crippen molar-refractivity contribution in [3.8, 4) is 11.4 Å². The number of rotatable bonds is 3. The third kappa shape index (κ3) is 2.34. The van der Waals surface area contributed by atoms with Crippen LogP contribution in [0.4, 0.5) is 0 Å². The number of nitrogens with two attached hydrogens (primary N) is 1. The third-order valence-corrected chi connectivity index (χ3v) is 2.83. The molecular formula is C13H14N4O2. The molecule has 0 bridgehead atoms. The van der Waals surface area contributed by atoms with E-state index in [1.54, 1.807) is 0 Å². The predicted octanol–water partition coefficient (Wildman–Crippen LogP) is 1.36. The van der Waals surface area contributed by atoms with Gasteiger partial charge in [0.25, 0.3) is 0 Å². The number of aromatic nitrogens is 2. The fourth-order valence-electron chi connectivity index (χ4n) is 1.85. The lowest BCUT2D eigenvalue weighted by atomic mass is 10.1. The van der Waals surface area contributed by atoms with Crippen LogP contribution in [0.15, 0.2) is 33.8 Å². The molecule has 0 fully saturated rings. The van der Waals surface area contributed by atoms with E-state index < -0.39 is 0 Å². The zero-order valence-corrected chi connectivity index (χ0v) is 10.5. The van der Waals surface area contributed by atoms with Crippen LogP contribution in [0.5, 0.6) is 0 Å². The molecule has 1 unspecified atom stereocenters. The van der Waals surface area contributed by atoms with Crippen LogP contribution < -0.4 is 5.73 Å². The van der Waals surface area contributed by atoms with E-state index >= 15 is 0 Å². The van der Waals surface area contributed by atoms with Gasteiger partial charge >= 0.3 is 0 Å². The van der Waals surface area contributed by atoms with Gasteiger partial charge in [-0.25, -0.2) is 4.99 Å². The van der Waals surface area contributed by atoms with Gasteiger partial charge in [-0.1, -0.05) is 17.3 Å². The van der Waals surface area contributed by atoms with Gasteiger partial charge in [-0.2, -0.15) is 4.98 Å². The number of nitrogens with zero attached hydrogens (tertiary/aromatic N) is 3. The fraction of sp³-hybridized carbons (Fsp3) is 0.308. The average Bonchev–Trinajstić information content (AvgIpc) is 3.07. The van der Waals surface area contributed by atoms with Crippen molar-refractivity contribution in [3.63, 3.8) is 0 Å². The molecule has 6 heteroatoms. The van der Waals surface area contributed by atoms with E-state index in [1.807, 2.05) is 31.2 Å². The summed E-state index contributed by atoms with van der Waals surface area (Å²) >= 11 is 0. The molecule has 0 saturated heterocycles. The molecule has 2 aromatic rings. The Bertz CT molecular complexity index is 603.